The zero-order chi connectivity index (χ0) is 27.5. The van der Waals surface area contributed by atoms with Gasteiger partial charge in [-0.1, -0.05) is 108 Å². The topological polar surface area (TPSA) is 45.8 Å². The van der Waals surface area contributed by atoms with Crippen molar-refractivity contribution in [3.8, 4) is 11.3 Å². The first-order valence-corrected chi connectivity index (χ1v) is 13.7. The predicted molar refractivity (Wildman–Crippen MR) is 163 cm³/mol. The van der Waals surface area contributed by atoms with Crippen molar-refractivity contribution in [3.63, 3.8) is 0 Å². The molecule has 0 saturated carbocycles. The van der Waals surface area contributed by atoms with Crippen LogP contribution in [-0.2, 0) is 0 Å². The van der Waals surface area contributed by atoms with Crippen LogP contribution in [0.2, 0.25) is 10.0 Å². The number of hydrogen-bond acceptors (Lipinski definition) is 4. The van der Waals surface area contributed by atoms with E-state index in [0.29, 0.717) is 21.4 Å². The smallest absolute Gasteiger partial charge is 0.221 e. The Morgan fingerprint density at radius 3 is 2.30 bits per heavy atom. The van der Waals surface area contributed by atoms with Gasteiger partial charge in [0.1, 0.15) is 5.76 Å². The summed E-state index contributed by atoms with van der Waals surface area (Å²) in [6, 6.07) is 37.5. The third-order valence-corrected chi connectivity index (χ3v) is 7.67. The normalized spacial score (nSPS) is 15.0. The fourth-order valence-electron chi connectivity index (χ4n) is 4.79. The van der Waals surface area contributed by atoms with E-state index in [1.807, 2.05) is 48.5 Å². The van der Waals surface area contributed by atoms with Crippen molar-refractivity contribution in [2.45, 2.75) is 12.5 Å². The van der Waals surface area contributed by atoms with Crippen LogP contribution in [0.1, 0.15) is 39.7 Å². The minimum Gasteiger partial charge on any atom is -0.453 e. The van der Waals surface area contributed by atoms with Crippen molar-refractivity contribution in [1.29, 1.82) is 0 Å². The maximum atomic E-state index is 12.8. The van der Waals surface area contributed by atoms with Crippen molar-refractivity contribution >= 4 is 46.5 Å². The number of hydrazone groups is 1. The van der Waals surface area contributed by atoms with Gasteiger partial charge in [-0.25, -0.2) is 0 Å². The number of furan rings is 1. The lowest BCUT2D eigenvalue weighted by molar-refractivity contribution is 0.102. The van der Waals surface area contributed by atoms with E-state index < -0.39 is 0 Å². The largest absolute Gasteiger partial charge is 0.453 e. The number of carbonyl (C=O) groups excluding carboxylic acids is 1. The molecule has 6 heteroatoms. The van der Waals surface area contributed by atoms with Crippen LogP contribution in [0.25, 0.3) is 17.4 Å². The van der Waals surface area contributed by atoms with Gasteiger partial charge in [-0.05, 0) is 59.2 Å². The molecular weight excluding hydrogens is 539 g/mol. The summed E-state index contributed by atoms with van der Waals surface area (Å²) in [7, 11) is 0. The highest BCUT2D eigenvalue weighted by atomic mass is 35.5. The SMILES string of the molecule is O=C(/C=C/c1ccc(N2N=C(c3ccccc3)CC2c2ccccc2)cc1)c1ccc(-c2cccc(Cl)c2Cl)o1. The number of rotatable bonds is 7. The molecule has 6 rings (SSSR count). The van der Waals surface area contributed by atoms with E-state index in [4.69, 9.17) is 32.7 Å². The molecule has 0 spiro atoms. The lowest BCUT2D eigenvalue weighted by Gasteiger charge is -2.24. The van der Waals surface area contributed by atoms with E-state index in [2.05, 4.69) is 41.4 Å². The standard InChI is InChI=1S/C34H24Cl2N2O2/c35-28-13-7-12-27(34(28)36)32-20-21-33(40-32)31(39)19-16-23-14-17-26(18-15-23)38-30(25-10-5-2-6-11-25)22-29(37-38)24-8-3-1-4-9-24/h1-21,30H,22H2/b19-16+. The summed E-state index contributed by atoms with van der Waals surface area (Å²) in [5.41, 5.74) is 5.91. The predicted octanol–water partition coefficient (Wildman–Crippen LogP) is 9.51. The van der Waals surface area contributed by atoms with Gasteiger partial charge >= 0.3 is 0 Å². The fraction of sp³-hybridized carbons (Fsp3) is 0.0588. The van der Waals surface area contributed by atoms with E-state index in [-0.39, 0.29) is 17.6 Å². The molecule has 0 bridgehead atoms. The average Bonchev–Trinajstić information content (AvgIpc) is 3.67. The first-order valence-electron chi connectivity index (χ1n) is 12.9. The fourth-order valence-corrected chi connectivity index (χ4v) is 5.18. The number of halogens is 2. The second kappa shape index (κ2) is 11.4. The minimum atomic E-state index is -0.241. The Labute approximate surface area is 242 Å². The molecule has 0 amide bonds. The average molecular weight is 563 g/mol. The lowest BCUT2D eigenvalue weighted by Crippen LogP contribution is -2.18. The summed E-state index contributed by atoms with van der Waals surface area (Å²) >= 11 is 12.4. The molecule has 0 fully saturated rings. The lowest BCUT2D eigenvalue weighted by atomic mass is 9.98. The van der Waals surface area contributed by atoms with Crippen LogP contribution < -0.4 is 5.01 Å². The van der Waals surface area contributed by atoms with Crippen molar-refractivity contribution in [1.82, 2.24) is 0 Å². The molecule has 1 aliphatic heterocycles. The zero-order valence-electron chi connectivity index (χ0n) is 21.4. The number of benzene rings is 4. The molecule has 196 valence electrons. The van der Waals surface area contributed by atoms with E-state index >= 15 is 0 Å². The maximum absolute atomic E-state index is 12.8. The van der Waals surface area contributed by atoms with Crippen LogP contribution in [0.3, 0.4) is 0 Å². The summed E-state index contributed by atoms with van der Waals surface area (Å²) in [5, 5.41) is 7.92. The number of allylic oxidation sites excluding steroid dienone is 1. The summed E-state index contributed by atoms with van der Waals surface area (Å²) in [4.78, 5) is 12.8. The molecule has 2 heterocycles. The Balaban J connectivity index is 1.20. The Bertz CT molecular complexity index is 1710. The molecule has 1 atom stereocenters. The van der Waals surface area contributed by atoms with E-state index in [0.717, 1.165) is 28.9 Å². The van der Waals surface area contributed by atoms with Gasteiger partial charge in [0, 0.05) is 12.0 Å². The van der Waals surface area contributed by atoms with Crippen LogP contribution in [0, 0.1) is 0 Å². The molecule has 40 heavy (non-hydrogen) atoms. The molecule has 5 aromatic rings. The van der Waals surface area contributed by atoms with E-state index in [9.17, 15) is 4.79 Å². The molecule has 1 aromatic heterocycles. The summed E-state index contributed by atoms with van der Waals surface area (Å²) in [6.45, 7) is 0. The first kappa shape index (κ1) is 25.9. The van der Waals surface area contributed by atoms with Crippen LogP contribution in [0.5, 0.6) is 0 Å². The Morgan fingerprint density at radius 1 is 0.825 bits per heavy atom. The second-order valence-electron chi connectivity index (χ2n) is 9.44. The van der Waals surface area contributed by atoms with Gasteiger partial charge in [0.25, 0.3) is 0 Å². The Kier molecular flexibility index (Phi) is 7.37. The number of carbonyl (C=O) groups is 1. The van der Waals surface area contributed by atoms with Gasteiger partial charge < -0.3 is 4.42 Å². The first-order chi connectivity index (χ1) is 19.6. The highest BCUT2D eigenvalue weighted by Gasteiger charge is 2.29. The molecule has 0 aliphatic carbocycles. The quantitative estimate of drug-likeness (QED) is 0.146. The second-order valence-corrected chi connectivity index (χ2v) is 10.2. The van der Waals surface area contributed by atoms with Gasteiger partial charge in [0.2, 0.25) is 5.78 Å². The number of anilines is 1. The number of nitrogens with zero attached hydrogens (tertiary/aromatic N) is 2. The molecule has 0 saturated heterocycles. The molecule has 4 nitrogen and oxygen atoms in total. The van der Waals surface area contributed by atoms with Gasteiger partial charge in [0.05, 0.1) is 27.5 Å². The summed E-state index contributed by atoms with van der Waals surface area (Å²) in [6.07, 6.45) is 4.10. The maximum Gasteiger partial charge on any atom is 0.221 e. The van der Waals surface area contributed by atoms with E-state index in [1.54, 1.807) is 36.4 Å². The van der Waals surface area contributed by atoms with Crippen LogP contribution in [0.4, 0.5) is 5.69 Å². The minimum absolute atomic E-state index is 0.0977. The highest BCUT2D eigenvalue weighted by molar-refractivity contribution is 6.43. The van der Waals surface area contributed by atoms with Gasteiger partial charge in [-0.3, -0.25) is 9.80 Å². The molecule has 1 aliphatic rings. The van der Waals surface area contributed by atoms with Crippen LogP contribution in [-0.4, -0.2) is 11.5 Å². The third kappa shape index (κ3) is 5.37. The molecule has 1 unspecified atom stereocenters. The molecule has 0 N–H and O–H groups in total. The monoisotopic (exact) mass is 562 g/mol. The highest BCUT2D eigenvalue weighted by Crippen LogP contribution is 2.37. The van der Waals surface area contributed by atoms with Crippen molar-refractivity contribution in [3.05, 3.63) is 154 Å². The van der Waals surface area contributed by atoms with E-state index in [1.165, 1.54) is 11.6 Å². The van der Waals surface area contributed by atoms with Crippen molar-refractivity contribution in [2.75, 3.05) is 5.01 Å². The van der Waals surface area contributed by atoms with Gasteiger partial charge in [0.15, 0.2) is 5.76 Å². The number of hydrogen-bond donors (Lipinski definition) is 0. The Morgan fingerprint density at radius 2 is 1.55 bits per heavy atom. The Hall–Kier alpha value is -4.38. The third-order valence-electron chi connectivity index (χ3n) is 6.85. The van der Waals surface area contributed by atoms with Crippen molar-refractivity contribution < 1.29 is 9.21 Å². The van der Waals surface area contributed by atoms with Crippen LogP contribution in [0.15, 0.2) is 131 Å². The zero-order valence-corrected chi connectivity index (χ0v) is 22.9. The summed E-state index contributed by atoms with van der Waals surface area (Å²) in [5.74, 6) is 0.473. The van der Waals surface area contributed by atoms with Crippen molar-refractivity contribution in [2.24, 2.45) is 5.10 Å². The van der Waals surface area contributed by atoms with Gasteiger partial charge in [-0.2, -0.15) is 5.10 Å². The van der Waals surface area contributed by atoms with Gasteiger partial charge in [-0.15, -0.1) is 0 Å². The molecule has 4 aromatic carbocycles. The molecular formula is C34H24Cl2N2O2. The summed E-state index contributed by atoms with van der Waals surface area (Å²) < 4.78 is 5.78. The number of ketones is 1. The molecule has 0 radical (unpaired) electrons. The van der Waals surface area contributed by atoms with Crippen LogP contribution >= 0.6 is 23.2 Å².